The first-order chi connectivity index (χ1) is 19.2. The number of nitrogens with one attached hydrogen (secondary N) is 3. The molecule has 5 amide bonds. The summed E-state index contributed by atoms with van der Waals surface area (Å²) in [6, 6.07) is 6.90. The summed E-state index contributed by atoms with van der Waals surface area (Å²) in [5, 5.41) is 17.7. The molecule has 0 unspecified atom stereocenters. The Morgan fingerprint density at radius 2 is 1.78 bits per heavy atom. The lowest BCUT2D eigenvalue weighted by Crippen LogP contribution is -2.51. The summed E-state index contributed by atoms with van der Waals surface area (Å²) in [5.74, 6) is -0.626. The van der Waals surface area contributed by atoms with Gasteiger partial charge in [-0.2, -0.15) is 13.2 Å². The Morgan fingerprint density at radius 3 is 2.37 bits per heavy atom. The van der Waals surface area contributed by atoms with Crippen molar-refractivity contribution in [1.29, 1.82) is 0 Å². The van der Waals surface area contributed by atoms with Crippen LogP contribution < -0.4 is 20.7 Å². The summed E-state index contributed by atoms with van der Waals surface area (Å²) in [5.41, 5.74) is -0.443. The number of amides is 5. The van der Waals surface area contributed by atoms with Crippen molar-refractivity contribution in [2.75, 3.05) is 37.4 Å². The molecule has 0 aromatic heterocycles. The molecule has 4 N–H and O–H groups in total. The van der Waals surface area contributed by atoms with Crippen LogP contribution in [0.5, 0.6) is 5.75 Å². The van der Waals surface area contributed by atoms with Gasteiger partial charge in [0.15, 0.2) is 5.75 Å². The van der Waals surface area contributed by atoms with E-state index in [2.05, 4.69) is 16.0 Å². The number of ether oxygens (including phenoxy) is 1. The van der Waals surface area contributed by atoms with Crippen molar-refractivity contribution in [3.8, 4) is 5.75 Å². The number of nitrogens with zero attached hydrogens (tertiary/aromatic N) is 2. The zero-order valence-electron chi connectivity index (χ0n) is 23.6. The smallest absolute Gasteiger partial charge is 0.416 e. The van der Waals surface area contributed by atoms with E-state index in [4.69, 9.17) is 4.74 Å². The van der Waals surface area contributed by atoms with Crippen LogP contribution in [0.25, 0.3) is 0 Å². The maximum absolute atomic E-state index is 13.6. The highest BCUT2D eigenvalue weighted by molar-refractivity contribution is 6.04. The molecule has 3 atom stereocenters. The first kappa shape index (κ1) is 31.5. The van der Waals surface area contributed by atoms with Crippen molar-refractivity contribution < 1.29 is 37.4 Å². The van der Waals surface area contributed by atoms with E-state index in [1.54, 1.807) is 20.0 Å². The first-order valence-corrected chi connectivity index (χ1v) is 13.2. The lowest BCUT2D eigenvalue weighted by atomic mass is 9.99. The van der Waals surface area contributed by atoms with Gasteiger partial charge in [0, 0.05) is 31.2 Å². The van der Waals surface area contributed by atoms with Gasteiger partial charge < -0.3 is 35.6 Å². The van der Waals surface area contributed by atoms with E-state index in [1.807, 2.05) is 20.8 Å². The summed E-state index contributed by atoms with van der Waals surface area (Å²) in [6.45, 7) is 7.38. The number of carbonyl (C=O) groups is 3. The molecular weight excluding hydrogens is 543 g/mol. The minimum Gasteiger partial charge on any atom is -0.485 e. The predicted octanol–water partition coefficient (Wildman–Crippen LogP) is 4.62. The number of hydrogen-bond donors (Lipinski definition) is 4. The van der Waals surface area contributed by atoms with Crippen LogP contribution in [-0.4, -0.2) is 77.8 Å². The molecule has 1 heterocycles. The zero-order valence-corrected chi connectivity index (χ0v) is 23.6. The lowest BCUT2D eigenvalue weighted by molar-refractivity contribution is -0.137. The molecule has 41 heavy (non-hydrogen) atoms. The van der Waals surface area contributed by atoms with Crippen LogP contribution in [0.3, 0.4) is 0 Å². The Morgan fingerprint density at radius 1 is 1.12 bits per heavy atom. The van der Waals surface area contributed by atoms with Crippen LogP contribution in [0.2, 0.25) is 0 Å². The average molecular weight is 580 g/mol. The molecule has 0 radical (unpaired) electrons. The molecule has 10 nitrogen and oxygen atoms in total. The quantitative estimate of drug-likeness (QED) is 0.381. The normalized spacial score (nSPS) is 18.0. The minimum atomic E-state index is -4.51. The van der Waals surface area contributed by atoms with Gasteiger partial charge in [0.25, 0.3) is 5.91 Å². The topological polar surface area (TPSA) is 123 Å². The lowest BCUT2D eigenvalue weighted by Gasteiger charge is -2.38. The highest BCUT2D eigenvalue weighted by atomic mass is 19.4. The molecule has 2 aromatic carbocycles. The van der Waals surface area contributed by atoms with Gasteiger partial charge in [0.1, 0.15) is 6.10 Å². The Kier molecular flexibility index (Phi) is 10.1. The fourth-order valence-electron chi connectivity index (χ4n) is 4.30. The number of benzene rings is 2. The Hall–Kier alpha value is -4.00. The molecule has 0 saturated carbocycles. The van der Waals surface area contributed by atoms with E-state index in [-0.39, 0.29) is 60.4 Å². The van der Waals surface area contributed by atoms with E-state index in [0.717, 1.165) is 24.3 Å². The molecule has 0 bridgehead atoms. The number of aliphatic hydroxyl groups is 1. The van der Waals surface area contributed by atoms with Crippen LogP contribution in [-0.2, 0) is 6.18 Å². The Labute approximate surface area is 236 Å². The van der Waals surface area contributed by atoms with Crippen LogP contribution in [0.15, 0.2) is 42.5 Å². The molecule has 0 spiro atoms. The van der Waals surface area contributed by atoms with Gasteiger partial charge in [-0.25, -0.2) is 9.59 Å². The van der Waals surface area contributed by atoms with Crippen molar-refractivity contribution in [2.24, 2.45) is 5.92 Å². The third-order valence-corrected chi connectivity index (χ3v) is 6.62. The SMILES string of the molecule is CC(C)NC(=O)N(C)C[C@@H]1Oc2c(NC(=O)Nc3ccc(C(F)(F)F)cc3)cccc2C(=O)N([C@@H](C)CO)C[C@@H]1C. The molecule has 0 fully saturated rings. The molecule has 1 aliphatic rings. The van der Waals surface area contributed by atoms with Crippen LogP contribution in [0.4, 0.5) is 34.1 Å². The van der Waals surface area contributed by atoms with Crippen LogP contribution >= 0.6 is 0 Å². The number of rotatable bonds is 7. The molecule has 0 aliphatic carbocycles. The van der Waals surface area contributed by atoms with Crippen molar-refractivity contribution in [3.05, 3.63) is 53.6 Å². The fraction of sp³-hybridized carbons (Fsp3) is 0.464. The number of halogens is 3. The number of anilines is 2. The number of hydrogen-bond acceptors (Lipinski definition) is 5. The van der Waals surface area contributed by atoms with Gasteiger partial charge in [-0.05, 0) is 57.2 Å². The maximum Gasteiger partial charge on any atom is 0.416 e. The molecule has 2 aromatic rings. The van der Waals surface area contributed by atoms with Gasteiger partial charge >= 0.3 is 18.2 Å². The molecule has 13 heteroatoms. The number of fused-ring (bicyclic) bond motifs is 1. The van der Waals surface area contributed by atoms with Crippen molar-refractivity contribution >= 4 is 29.3 Å². The highest BCUT2D eigenvalue weighted by Crippen LogP contribution is 2.35. The van der Waals surface area contributed by atoms with Gasteiger partial charge in [0.2, 0.25) is 0 Å². The van der Waals surface area contributed by atoms with Crippen molar-refractivity contribution in [3.63, 3.8) is 0 Å². The summed E-state index contributed by atoms with van der Waals surface area (Å²) in [6.07, 6.45) is -5.12. The predicted molar refractivity (Wildman–Crippen MR) is 148 cm³/mol. The summed E-state index contributed by atoms with van der Waals surface area (Å²) in [4.78, 5) is 42.0. The fourth-order valence-corrected chi connectivity index (χ4v) is 4.30. The van der Waals surface area contributed by atoms with Crippen molar-refractivity contribution in [2.45, 2.75) is 52.1 Å². The number of aliphatic hydroxyl groups excluding tert-OH is 1. The average Bonchev–Trinajstić information content (AvgIpc) is 2.89. The molecular formula is C28H36F3N5O5. The van der Waals surface area contributed by atoms with E-state index >= 15 is 0 Å². The summed E-state index contributed by atoms with van der Waals surface area (Å²) >= 11 is 0. The van der Waals surface area contributed by atoms with Gasteiger partial charge in [-0.3, -0.25) is 4.79 Å². The third kappa shape index (κ3) is 8.03. The van der Waals surface area contributed by atoms with E-state index in [1.165, 1.54) is 21.9 Å². The van der Waals surface area contributed by atoms with E-state index < -0.39 is 35.8 Å². The van der Waals surface area contributed by atoms with Gasteiger partial charge in [-0.1, -0.05) is 13.0 Å². The standard InChI is InChI=1S/C28H36F3N5O5/c1-16(2)32-27(40)35(5)14-23-17(3)13-36(18(4)15-37)25(38)21-7-6-8-22(24(21)41-23)34-26(39)33-20-11-9-19(10-12-20)28(29,30)31/h6-12,16-18,23,37H,13-15H2,1-5H3,(H,32,40)(H2,33,34,39)/t17-,18-,23-/m0/s1. The maximum atomic E-state index is 13.6. The largest absolute Gasteiger partial charge is 0.485 e. The number of carbonyl (C=O) groups excluding carboxylic acids is 3. The van der Waals surface area contributed by atoms with E-state index in [9.17, 15) is 32.7 Å². The zero-order chi connectivity index (χ0) is 30.5. The number of likely N-dealkylation sites (N-methyl/N-ethyl adjacent to an activating group) is 1. The second-order valence-corrected chi connectivity index (χ2v) is 10.4. The molecule has 224 valence electrons. The highest BCUT2D eigenvalue weighted by Gasteiger charge is 2.35. The molecule has 0 saturated heterocycles. The van der Waals surface area contributed by atoms with Crippen molar-refractivity contribution in [1.82, 2.24) is 15.1 Å². The number of urea groups is 2. The van der Waals surface area contributed by atoms with Gasteiger partial charge in [0.05, 0.1) is 36.0 Å². The van der Waals surface area contributed by atoms with E-state index in [0.29, 0.717) is 0 Å². The third-order valence-electron chi connectivity index (χ3n) is 6.62. The molecule has 3 rings (SSSR count). The minimum absolute atomic E-state index is 0.0735. The second-order valence-electron chi connectivity index (χ2n) is 10.4. The number of para-hydroxylation sites is 1. The summed E-state index contributed by atoms with van der Waals surface area (Å²) < 4.78 is 45.0. The Bertz CT molecular complexity index is 1240. The molecule has 1 aliphatic heterocycles. The van der Waals surface area contributed by atoms with Crippen LogP contribution in [0, 0.1) is 5.92 Å². The second kappa shape index (κ2) is 13.1. The monoisotopic (exact) mass is 579 g/mol. The number of alkyl halides is 3. The van der Waals surface area contributed by atoms with Crippen LogP contribution in [0.1, 0.15) is 43.6 Å². The Balaban J connectivity index is 1.92. The first-order valence-electron chi connectivity index (χ1n) is 13.2. The summed E-state index contributed by atoms with van der Waals surface area (Å²) in [7, 11) is 1.62. The van der Waals surface area contributed by atoms with Gasteiger partial charge in [-0.15, -0.1) is 0 Å².